The summed E-state index contributed by atoms with van der Waals surface area (Å²) >= 11 is 8.60. The van der Waals surface area contributed by atoms with Gasteiger partial charge in [0.1, 0.15) is 16.5 Å². The first kappa shape index (κ1) is 21.9. The van der Waals surface area contributed by atoms with E-state index in [9.17, 15) is 0 Å². The Labute approximate surface area is 188 Å². The average molecular weight is 546 g/mol. The summed E-state index contributed by atoms with van der Waals surface area (Å²) in [4.78, 5) is 9.13. The fourth-order valence-corrected chi connectivity index (χ4v) is 5.52. The van der Waals surface area contributed by atoms with E-state index in [4.69, 9.17) is 27.9 Å². The Morgan fingerprint density at radius 2 is 2.07 bits per heavy atom. The molecule has 154 valence electrons. The fraction of sp³-hybridized carbons (Fsp3) is 0.222. The van der Waals surface area contributed by atoms with Crippen LogP contribution in [-0.2, 0) is 0 Å². The lowest BCUT2D eigenvalue weighted by atomic mass is 10.1. The maximum Gasteiger partial charge on any atom is 0.167 e. The molecule has 0 spiro atoms. The van der Waals surface area contributed by atoms with Crippen LogP contribution < -0.4 is 21.6 Å². The van der Waals surface area contributed by atoms with Crippen LogP contribution >= 0.6 is 40.0 Å². The van der Waals surface area contributed by atoms with Crippen LogP contribution in [-0.4, -0.2) is 33.5 Å². The molecule has 8 nitrogen and oxygen atoms in total. The molecule has 0 saturated carbocycles. The van der Waals surface area contributed by atoms with Crippen molar-refractivity contribution in [1.29, 1.82) is 0 Å². The highest BCUT2D eigenvalue weighted by molar-refractivity contribution is 14.2. The van der Waals surface area contributed by atoms with Crippen molar-refractivity contribution in [3.05, 3.63) is 46.5 Å². The molecule has 0 saturated heterocycles. The number of nitrogens with two attached hydrogens (primary N) is 2. The minimum atomic E-state index is 0.381. The topological polar surface area (TPSA) is 107 Å². The normalized spacial score (nSPS) is 12.5. The number of benzene rings is 1. The largest absolute Gasteiger partial charge is 0.494 e. The summed E-state index contributed by atoms with van der Waals surface area (Å²) in [5.74, 6) is 7.49. The zero-order valence-corrected chi connectivity index (χ0v) is 20.3. The maximum atomic E-state index is 6.30. The number of pyridine rings is 1. The van der Waals surface area contributed by atoms with Gasteiger partial charge < -0.3 is 20.8 Å². The number of hydrazine groups is 1. The van der Waals surface area contributed by atoms with Gasteiger partial charge in [0.05, 0.1) is 30.6 Å². The van der Waals surface area contributed by atoms with Crippen molar-refractivity contribution in [2.45, 2.75) is 13.8 Å². The molecule has 0 bridgehead atoms. The van der Waals surface area contributed by atoms with Crippen LogP contribution in [0.5, 0.6) is 5.75 Å². The second-order valence-electron chi connectivity index (χ2n) is 6.40. The van der Waals surface area contributed by atoms with Crippen LogP contribution in [0, 0.1) is 6.92 Å². The van der Waals surface area contributed by atoms with Gasteiger partial charge in [-0.1, -0.05) is 17.7 Å². The van der Waals surface area contributed by atoms with Crippen LogP contribution in [0.1, 0.15) is 18.3 Å². The van der Waals surface area contributed by atoms with Crippen molar-refractivity contribution >= 4 is 68.3 Å². The quantitative estimate of drug-likeness (QED) is 0.139. The molecule has 3 rings (SSSR count). The number of fused-ring (bicyclic) bond motifs is 1. The molecular formula is C18H22ClIN7OP. The number of methoxy groups -OCH3 is 1. The summed E-state index contributed by atoms with van der Waals surface area (Å²) in [7, 11) is 3.34. The molecule has 1 atom stereocenters. The molecule has 0 aliphatic rings. The highest BCUT2D eigenvalue weighted by Gasteiger charge is 2.19. The molecule has 11 heteroatoms. The summed E-state index contributed by atoms with van der Waals surface area (Å²) in [6.07, 6.45) is 0.465. The van der Waals surface area contributed by atoms with Crippen molar-refractivity contribution in [3.63, 3.8) is 0 Å². The molecule has 29 heavy (non-hydrogen) atoms. The minimum Gasteiger partial charge on any atom is -0.494 e. The van der Waals surface area contributed by atoms with E-state index in [1.165, 1.54) is 5.01 Å². The summed E-state index contributed by atoms with van der Waals surface area (Å²) in [5, 5.41) is 5.26. The van der Waals surface area contributed by atoms with Gasteiger partial charge in [-0.3, -0.25) is 4.34 Å². The third kappa shape index (κ3) is 4.23. The Bertz CT molecular complexity index is 1100. The zero-order valence-electron chi connectivity index (χ0n) is 16.4. The van der Waals surface area contributed by atoms with Crippen LogP contribution in [0.15, 0.2) is 30.0 Å². The van der Waals surface area contributed by atoms with E-state index in [1.54, 1.807) is 27.1 Å². The second kappa shape index (κ2) is 8.91. The molecule has 0 fully saturated rings. The SMILES string of the molecule is COc1c(Nc2cc(Cl)nc3c2nc(C)n3PI)cccc1/C(=C(\C)N)N(C)N. The van der Waals surface area contributed by atoms with E-state index >= 15 is 0 Å². The van der Waals surface area contributed by atoms with Gasteiger partial charge in [0.15, 0.2) is 11.4 Å². The predicted molar refractivity (Wildman–Crippen MR) is 130 cm³/mol. The van der Waals surface area contributed by atoms with Crippen molar-refractivity contribution in [2.24, 2.45) is 11.6 Å². The second-order valence-corrected chi connectivity index (χ2v) is 8.85. The highest BCUT2D eigenvalue weighted by Crippen LogP contribution is 2.39. The lowest BCUT2D eigenvalue weighted by Crippen LogP contribution is -2.26. The number of aryl methyl sites for hydroxylation is 1. The number of anilines is 2. The molecule has 0 radical (unpaired) electrons. The third-order valence-corrected chi connectivity index (χ3v) is 6.65. The van der Waals surface area contributed by atoms with Crippen molar-refractivity contribution in [2.75, 3.05) is 19.5 Å². The number of para-hydroxylation sites is 1. The Morgan fingerprint density at radius 1 is 1.34 bits per heavy atom. The van der Waals surface area contributed by atoms with Gasteiger partial charge in [-0.15, -0.1) is 0 Å². The summed E-state index contributed by atoms with van der Waals surface area (Å²) in [6, 6.07) is 7.47. The molecule has 3 aromatic rings. The Morgan fingerprint density at radius 3 is 2.66 bits per heavy atom. The summed E-state index contributed by atoms with van der Waals surface area (Å²) in [5.41, 5.74) is 11.0. The van der Waals surface area contributed by atoms with Crippen LogP contribution in [0.2, 0.25) is 5.15 Å². The minimum absolute atomic E-state index is 0.381. The first-order chi connectivity index (χ1) is 13.8. The van der Waals surface area contributed by atoms with Gasteiger partial charge in [0.25, 0.3) is 0 Å². The Hall–Kier alpha value is -1.81. The van der Waals surface area contributed by atoms with Gasteiger partial charge in [-0.05, 0) is 48.0 Å². The summed E-state index contributed by atoms with van der Waals surface area (Å²) in [6.45, 7) is 3.75. The Balaban J connectivity index is 2.17. The van der Waals surface area contributed by atoms with Gasteiger partial charge in [0, 0.05) is 24.4 Å². The average Bonchev–Trinajstić information content (AvgIpc) is 2.96. The third-order valence-electron chi connectivity index (χ3n) is 4.31. The standard InChI is InChI=1S/C18H22ClIN7OP/c1-9(21)16(26(3)22)11-6-5-7-12(17(11)28-4)24-13-8-14(19)25-18-15(13)23-10(2)27(18)29-20/h5-8,29H,21-22H2,1-4H3,(H,24,25)/b16-9-. The number of nitrogens with zero attached hydrogens (tertiary/aromatic N) is 4. The number of aromatic nitrogens is 3. The van der Waals surface area contributed by atoms with Crippen LogP contribution in [0.3, 0.4) is 0 Å². The van der Waals surface area contributed by atoms with E-state index in [-0.39, 0.29) is 0 Å². The first-order valence-electron chi connectivity index (χ1n) is 8.59. The number of imidazole rings is 1. The number of nitrogens with one attached hydrogen (secondary N) is 1. The van der Waals surface area contributed by atoms with E-state index < -0.39 is 0 Å². The lowest BCUT2D eigenvalue weighted by molar-refractivity contribution is 0.411. The van der Waals surface area contributed by atoms with E-state index in [1.807, 2.05) is 29.5 Å². The molecule has 5 N–H and O–H groups in total. The van der Waals surface area contributed by atoms with Gasteiger partial charge >= 0.3 is 0 Å². The summed E-state index contributed by atoms with van der Waals surface area (Å²) < 4.78 is 7.74. The van der Waals surface area contributed by atoms with Crippen LogP contribution in [0.25, 0.3) is 16.9 Å². The van der Waals surface area contributed by atoms with Gasteiger partial charge in [-0.2, -0.15) is 0 Å². The number of allylic oxidation sites excluding steroid dienone is 1. The predicted octanol–water partition coefficient (Wildman–Crippen LogP) is 4.39. The van der Waals surface area contributed by atoms with Gasteiger partial charge in [0.2, 0.25) is 0 Å². The molecule has 0 aliphatic carbocycles. The molecule has 2 heterocycles. The van der Waals surface area contributed by atoms with Crippen molar-refractivity contribution < 1.29 is 4.74 Å². The first-order valence-corrected chi connectivity index (χ1v) is 13.0. The van der Waals surface area contributed by atoms with Crippen molar-refractivity contribution in [1.82, 2.24) is 19.3 Å². The molecule has 1 aromatic carbocycles. The Kier molecular flexibility index (Phi) is 6.72. The smallest absolute Gasteiger partial charge is 0.167 e. The highest BCUT2D eigenvalue weighted by atomic mass is 127. The van der Waals surface area contributed by atoms with Gasteiger partial charge in [-0.25, -0.2) is 15.8 Å². The molecule has 1 unspecified atom stereocenters. The fourth-order valence-electron chi connectivity index (χ4n) is 3.19. The number of halogens is 2. The number of hydrogen-bond donors (Lipinski definition) is 3. The molecule has 2 aromatic heterocycles. The molecule has 0 amide bonds. The van der Waals surface area contributed by atoms with Crippen molar-refractivity contribution in [3.8, 4) is 5.75 Å². The maximum absolute atomic E-state index is 6.30. The molecule has 0 aliphatic heterocycles. The zero-order chi connectivity index (χ0) is 21.3. The van der Waals surface area contributed by atoms with E-state index in [0.717, 1.165) is 33.9 Å². The number of ether oxygens (including phenoxy) is 1. The lowest BCUT2D eigenvalue weighted by Gasteiger charge is -2.22. The molecular weight excluding hydrogens is 524 g/mol. The van der Waals surface area contributed by atoms with E-state index in [2.05, 4.69) is 37.3 Å². The van der Waals surface area contributed by atoms with Crippen LogP contribution in [0.4, 0.5) is 11.4 Å². The number of hydrogen-bond acceptors (Lipinski definition) is 7. The monoisotopic (exact) mass is 545 g/mol. The number of rotatable bonds is 6. The van der Waals surface area contributed by atoms with E-state index in [0.29, 0.717) is 28.7 Å².